The summed E-state index contributed by atoms with van der Waals surface area (Å²) in [5, 5.41) is 0. The number of rotatable bonds is 4. The number of halogens is 1. The van der Waals surface area contributed by atoms with Gasteiger partial charge in [0.05, 0.1) is 10.6 Å². The molecule has 0 atom stereocenters. The van der Waals surface area contributed by atoms with Crippen molar-refractivity contribution in [1.82, 2.24) is 0 Å². The molecule has 0 spiro atoms. The predicted molar refractivity (Wildman–Crippen MR) is 102 cm³/mol. The smallest absolute Gasteiger partial charge is 0.261 e. The van der Waals surface area contributed by atoms with Gasteiger partial charge in [-0.1, -0.05) is 64.5 Å². The van der Waals surface area contributed by atoms with E-state index in [-0.39, 0.29) is 4.90 Å². The van der Waals surface area contributed by atoms with E-state index in [9.17, 15) is 8.42 Å². The molecule has 0 aliphatic carbocycles. The van der Waals surface area contributed by atoms with Gasteiger partial charge in [-0.05, 0) is 47.9 Å². The van der Waals surface area contributed by atoms with Gasteiger partial charge >= 0.3 is 0 Å². The first-order chi connectivity index (χ1) is 11.5. The Kier molecular flexibility index (Phi) is 4.73. The third kappa shape index (κ3) is 3.68. The molecule has 0 fully saturated rings. The molecule has 0 unspecified atom stereocenters. The van der Waals surface area contributed by atoms with Gasteiger partial charge in [-0.3, -0.25) is 4.72 Å². The Balaban J connectivity index is 1.89. The summed E-state index contributed by atoms with van der Waals surface area (Å²) in [5.41, 5.74) is 3.46. The van der Waals surface area contributed by atoms with E-state index in [0.29, 0.717) is 5.69 Å². The summed E-state index contributed by atoms with van der Waals surface area (Å²) in [6.07, 6.45) is 0. The summed E-state index contributed by atoms with van der Waals surface area (Å²) < 4.78 is 28.6. The Morgan fingerprint density at radius 3 is 2.12 bits per heavy atom. The monoisotopic (exact) mass is 401 g/mol. The minimum atomic E-state index is -3.62. The fourth-order valence-electron chi connectivity index (χ4n) is 2.37. The van der Waals surface area contributed by atoms with Crippen molar-refractivity contribution in [2.45, 2.75) is 11.8 Å². The third-order valence-corrected chi connectivity index (χ3v) is 5.59. The maximum absolute atomic E-state index is 12.6. The zero-order chi connectivity index (χ0) is 17.2. The molecule has 0 radical (unpaired) electrons. The first-order valence-electron chi connectivity index (χ1n) is 7.40. The van der Waals surface area contributed by atoms with Crippen molar-refractivity contribution in [3.63, 3.8) is 0 Å². The van der Waals surface area contributed by atoms with Gasteiger partial charge in [-0.15, -0.1) is 0 Å². The van der Waals surface area contributed by atoms with Crippen LogP contribution < -0.4 is 4.72 Å². The predicted octanol–water partition coefficient (Wildman–Crippen LogP) is 5.23. The average molecular weight is 402 g/mol. The van der Waals surface area contributed by atoms with Gasteiger partial charge in [0.25, 0.3) is 10.0 Å². The number of hydrogen-bond acceptors (Lipinski definition) is 2. The molecule has 3 rings (SSSR count). The van der Waals surface area contributed by atoms with Crippen LogP contribution in [0.1, 0.15) is 5.56 Å². The molecule has 0 bridgehead atoms. The first kappa shape index (κ1) is 16.7. The van der Waals surface area contributed by atoms with E-state index in [1.165, 1.54) is 0 Å². The summed E-state index contributed by atoms with van der Waals surface area (Å²) in [4.78, 5) is 0.238. The van der Waals surface area contributed by atoms with Crippen molar-refractivity contribution in [3.8, 4) is 11.1 Å². The zero-order valence-electron chi connectivity index (χ0n) is 13.0. The van der Waals surface area contributed by atoms with Crippen molar-refractivity contribution >= 4 is 31.6 Å². The maximum Gasteiger partial charge on any atom is 0.261 e. The van der Waals surface area contributed by atoms with Gasteiger partial charge in [-0.2, -0.15) is 0 Å². The molecule has 0 saturated heterocycles. The van der Waals surface area contributed by atoms with Gasteiger partial charge in [0.15, 0.2) is 0 Å². The van der Waals surface area contributed by atoms with Gasteiger partial charge in [0.1, 0.15) is 0 Å². The molecule has 3 aromatic rings. The Bertz CT molecular complexity index is 952. The lowest BCUT2D eigenvalue weighted by Crippen LogP contribution is -2.13. The summed E-state index contributed by atoms with van der Waals surface area (Å²) in [7, 11) is -3.62. The summed E-state index contributed by atoms with van der Waals surface area (Å²) in [6.45, 7) is 1.86. The highest BCUT2D eigenvalue weighted by molar-refractivity contribution is 9.10. The topological polar surface area (TPSA) is 46.2 Å². The minimum Gasteiger partial charge on any atom is -0.279 e. The fourth-order valence-corrected chi connectivity index (χ4v) is 3.85. The van der Waals surface area contributed by atoms with Crippen LogP contribution in [0.5, 0.6) is 0 Å². The molecule has 0 aromatic heterocycles. The van der Waals surface area contributed by atoms with E-state index in [1.807, 2.05) is 61.5 Å². The van der Waals surface area contributed by atoms with Crippen molar-refractivity contribution < 1.29 is 8.42 Å². The molecule has 5 heteroatoms. The van der Waals surface area contributed by atoms with Crippen LogP contribution in [0.2, 0.25) is 0 Å². The van der Waals surface area contributed by atoms with Crippen LogP contribution in [0.4, 0.5) is 5.69 Å². The quantitative estimate of drug-likeness (QED) is 0.650. The maximum atomic E-state index is 12.6. The fraction of sp³-hybridized carbons (Fsp3) is 0.0526. The van der Waals surface area contributed by atoms with E-state index in [0.717, 1.165) is 21.2 Å². The number of aryl methyl sites for hydroxylation is 1. The molecular formula is C19H16BrNO2S. The molecular weight excluding hydrogens is 386 g/mol. The van der Waals surface area contributed by atoms with Crippen molar-refractivity contribution in [2.75, 3.05) is 4.72 Å². The molecule has 0 amide bonds. The van der Waals surface area contributed by atoms with Crippen LogP contribution in [0.3, 0.4) is 0 Å². The lowest BCUT2D eigenvalue weighted by molar-refractivity contribution is 0.601. The second-order valence-electron chi connectivity index (χ2n) is 5.46. The Morgan fingerprint density at radius 2 is 1.46 bits per heavy atom. The summed E-state index contributed by atoms with van der Waals surface area (Å²) in [6, 6.07) is 22.2. The molecule has 0 saturated carbocycles. The lowest BCUT2D eigenvalue weighted by Gasteiger charge is -2.11. The van der Waals surface area contributed by atoms with E-state index < -0.39 is 10.0 Å². The Labute approximate surface area is 150 Å². The largest absolute Gasteiger partial charge is 0.279 e. The third-order valence-electron chi connectivity index (χ3n) is 3.72. The number of benzene rings is 3. The first-order valence-corrected chi connectivity index (χ1v) is 9.68. The molecule has 122 valence electrons. The van der Waals surface area contributed by atoms with Crippen molar-refractivity contribution in [1.29, 1.82) is 0 Å². The zero-order valence-corrected chi connectivity index (χ0v) is 15.4. The van der Waals surface area contributed by atoms with Gasteiger partial charge in [0, 0.05) is 4.47 Å². The molecule has 3 nitrogen and oxygen atoms in total. The van der Waals surface area contributed by atoms with Crippen LogP contribution in [-0.4, -0.2) is 8.42 Å². The average Bonchev–Trinajstić information content (AvgIpc) is 2.59. The lowest BCUT2D eigenvalue weighted by atomic mass is 10.1. The number of nitrogens with one attached hydrogen (secondary N) is 1. The van der Waals surface area contributed by atoms with Crippen LogP contribution in [0.25, 0.3) is 11.1 Å². The normalized spacial score (nSPS) is 11.2. The van der Waals surface area contributed by atoms with Gasteiger partial charge < -0.3 is 0 Å². The van der Waals surface area contributed by atoms with E-state index >= 15 is 0 Å². The summed E-state index contributed by atoms with van der Waals surface area (Å²) in [5.74, 6) is 0. The van der Waals surface area contributed by atoms with Crippen LogP contribution >= 0.6 is 15.9 Å². The highest BCUT2D eigenvalue weighted by Crippen LogP contribution is 2.25. The van der Waals surface area contributed by atoms with Crippen LogP contribution in [0, 0.1) is 6.92 Å². The van der Waals surface area contributed by atoms with Gasteiger partial charge in [-0.25, -0.2) is 8.42 Å². The second kappa shape index (κ2) is 6.79. The number of hydrogen-bond donors (Lipinski definition) is 1. The van der Waals surface area contributed by atoms with Crippen LogP contribution in [0.15, 0.2) is 82.2 Å². The standard InChI is InChI=1S/C19H16BrNO2S/c1-14-7-10-17(20)13-19(14)21-24(22,23)18-11-8-16(9-12-18)15-5-3-2-4-6-15/h2-13,21H,1H3. The number of sulfonamides is 1. The highest BCUT2D eigenvalue weighted by Gasteiger charge is 2.15. The molecule has 3 aromatic carbocycles. The second-order valence-corrected chi connectivity index (χ2v) is 8.05. The Hall–Kier alpha value is -2.11. The molecule has 1 N–H and O–H groups in total. The molecule has 0 heterocycles. The van der Waals surface area contributed by atoms with Crippen molar-refractivity contribution in [2.24, 2.45) is 0 Å². The van der Waals surface area contributed by atoms with E-state index in [1.54, 1.807) is 18.2 Å². The summed E-state index contributed by atoms with van der Waals surface area (Å²) >= 11 is 3.36. The van der Waals surface area contributed by atoms with Crippen molar-refractivity contribution in [3.05, 3.63) is 82.8 Å². The minimum absolute atomic E-state index is 0.238. The van der Waals surface area contributed by atoms with E-state index in [4.69, 9.17) is 0 Å². The van der Waals surface area contributed by atoms with E-state index in [2.05, 4.69) is 20.7 Å². The highest BCUT2D eigenvalue weighted by atomic mass is 79.9. The van der Waals surface area contributed by atoms with Crippen LogP contribution in [-0.2, 0) is 10.0 Å². The van der Waals surface area contributed by atoms with Gasteiger partial charge in [0.2, 0.25) is 0 Å². The number of anilines is 1. The SMILES string of the molecule is Cc1ccc(Br)cc1NS(=O)(=O)c1ccc(-c2ccccc2)cc1. The Morgan fingerprint density at radius 1 is 0.833 bits per heavy atom. The molecule has 0 aliphatic heterocycles. The molecule has 24 heavy (non-hydrogen) atoms. The molecule has 0 aliphatic rings.